The summed E-state index contributed by atoms with van der Waals surface area (Å²) >= 11 is 0. The van der Waals surface area contributed by atoms with E-state index in [0.717, 1.165) is 12.1 Å². The first-order valence-corrected chi connectivity index (χ1v) is 10.8. The van der Waals surface area contributed by atoms with Crippen LogP contribution in [0.3, 0.4) is 0 Å². The summed E-state index contributed by atoms with van der Waals surface area (Å²) < 4.78 is 43.5. The Morgan fingerprint density at radius 2 is 1.88 bits per heavy atom. The van der Waals surface area contributed by atoms with Gasteiger partial charge in [-0.3, -0.25) is 14.4 Å². The van der Waals surface area contributed by atoms with Crippen LogP contribution in [0.1, 0.15) is 40.0 Å². The maximum Gasteiger partial charge on any atom is 0.308 e. The van der Waals surface area contributed by atoms with Gasteiger partial charge in [0, 0.05) is 24.4 Å². The average Bonchev–Trinajstić information content (AvgIpc) is 2.81. The zero-order chi connectivity index (χ0) is 24.4. The Hall–Kier alpha value is -3.53. The number of anilines is 1. The Morgan fingerprint density at radius 1 is 1.15 bits per heavy atom. The van der Waals surface area contributed by atoms with E-state index in [4.69, 9.17) is 14.2 Å². The molecule has 2 aliphatic rings. The molecule has 2 aliphatic heterocycles. The molecule has 0 aromatic heterocycles. The maximum atomic E-state index is 13.5. The van der Waals surface area contributed by atoms with Gasteiger partial charge in [-0.25, -0.2) is 8.78 Å². The lowest BCUT2D eigenvalue weighted by atomic mass is 9.94. The van der Waals surface area contributed by atoms with Crippen LogP contribution in [0.25, 0.3) is 0 Å². The quantitative estimate of drug-likeness (QED) is 0.685. The average molecular weight is 474 g/mol. The number of carbonyl (C=O) groups is 3. The molecule has 0 aliphatic carbocycles. The Kier molecular flexibility index (Phi) is 6.78. The van der Waals surface area contributed by atoms with Crippen molar-refractivity contribution in [2.24, 2.45) is 0 Å². The molecule has 2 aromatic carbocycles. The fourth-order valence-electron chi connectivity index (χ4n) is 4.26. The molecule has 0 radical (unpaired) electrons. The van der Waals surface area contributed by atoms with Gasteiger partial charge in [0.1, 0.15) is 30.1 Å². The second-order valence-corrected chi connectivity index (χ2v) is 8.27. The third-order valence-corrected chi connectivity index (χ3v) is 6.02. The second-order valence-electron chi connectivity index (χ2n) is 8.27. The summed E-state index contributed by atoms with van der Waals surface area (Å²) in [5, 5.41) is 2.55. The largest absolute Gasteiger partial charge is 0.490 e. The minimum Gasteiger partial charge on any atom is -0.490 e. The first kappa shape index (κ1) is 23.6. The van der Waals surface area contributed by atoms with Crippen molar-refractivity contribution in [2.45, 2.75) is 37.5 Å². The first-order chi connectivity index (χ1) is 16.2. The van der Waals surface area contributed by atoms with E-state index in [1.165, 1.54) is 25.3 Å². The molecule has 0 saturated carbocycles. The van der Waals surface area contributed by atoms with E-state index in [-0.39, 0.29) is 53.9 Å². The van der Waals surface area contributed by atoms with Crippen LogP contribution in [0.4, 0.5) is 14.5 Å². The number of hydrogen-bond acceptors (Lipinski definition) is 6. The predicted molar refractivity (Wildman–Crippen MR) is 117 cm³/mol. The van der Waals surface area contributed by atoms with Crippen molar-refractivity contribution < 1.29 is 37.4 Å². The summed E-state index contributed by atoms with van der Waals surface area (Å²) in [6.07, 6.45) is 0.597. The van der Waals surface area contributed by atoms with Crippen LogP contribution in [0.2, 0.25) is 0 Å². The standard InChI is InChI=1S/C24H24F2N2O6/c1-28-19-5-4-17(11-22(29)32-2)34-21(19)12-33-20-6-3-16(10-18(20)24(28)31)27-23(30)13-7-14(25)9-15(26)8-13/h3,6-10,17,19,21H,4-5,11-12H2,1-2H3,(H,27,30)/t17-,19-,21+/m0/s1. The number of carbonyl (C=O) groups excluding carboxylic acids is 3. The smallest absolute Gasteiger partial charge is 0.308 e. The lowest BCUT2D eigenvalue weighted by Gasteiger charge is -2.42. The molecule has 2 heterocycles. The topological polar surface area (TPSA) is 94.2 Å². The monoisotopic (exact) mass is 474 g/mol. The summed E-state index contributed by atoms with van der Waals surface area (Å²) in [5.41, 5.74) is 0.322. The van der Waals surface area contributed by atoms with Gasteiger partial charge in [0.2, 0.25) is 0 Å². The molecule has 2 aromatic rings. The van der Waals surface area contributed by atoms with Gasteiger partial charge in [-0.1, -0.05) is 0 Å². The number of hydrogen-bond donors (Lipinski definition) is 1. The van der Waals surface area contributed by atoms with E-state index in [1.54, 1.807) is 11.9 Å². The molecular formula is C24H24F2N2O6. The van der Waals surface area contributed by atoms with E-state index in [1.807, 2.05) is 0 Å². The molecule has 1 saturated heterocycles. The second kappa shape index (κ2) is 9.76. The highest BCUT2D eigenvalue weighted by Gasteiger charge is 2.39. The molecule has 8 nitrogen and oxygen atoms in total. The fourth-order valence-corrected chi connectivity index (χ4v) is 4.26. The Morgan fingerprint density at radius 3 is 2.59 bits per heavy atom. The molecule has 0 spiro atoms. The number of esters is 1. The lowest BCUT2D eigenvalue weighted by molar-refractivity contribution is -0.151. The van der Waals surface area contributed by atoms with Crippen molar-refractivity contribution in [1.82, 2.24) is 4.90 Å². The molecule has 180 valence electrons. The highest BCUT2D eigenvalue weighted by atomic mass is 19.1. The van der Waals surface area contributed by atoms with Gasteiger partial charge in [0.05, 0.1) is 31.2 Å². The van der Waals surface area contributed by atoms with Crippen molar-refractivity contribution in [3.05, 3.63) is 59.2 Å². The van der Waals surface area contributed by atoms with Crippen molar-refractivity contribution in [3.8, 4) is 5.75 Å². The molecule has 1 N–H and O–H groups in total. The minimum absolute atomic E-state index is 0.131. The van der Waals surface area contributed by atoms with Crippen molar-refractivity contribution in [1.29, 1.82) is 0 Å². The van der Waals surface area contributed by atoms with Crippen LogP contribution in [0, 0.1) is 11.6 Å². The van der Waals surface area contributed by atoms with Gasteiger partial charge < -0.3 is 24.4 Å². The van der Waals surface area contributed by atoms with Crippen molar-refractivity contribution >= 4 is 23.5 Å². The molecule has 0 unspecified atom stereocenters. The van der Waals surface area contributed by atoms with Gasteiger partial charge in [0.15, 0.2) is 0 Å². The third kappa shape index (κ3) is 5.01. The fraction of sp³-hybridized carbons (Fsp3) is 0.375. The molecule has 0 bridgehead atoms. The number of halogens is 2. The Bertz CT molecular complexity index is 1100. The van der Waals surface area contributed by atoms with Gasteiger partial charge in [-0.2, -0.15) is 0 Å². The normalized spacial score (nSPS) is 21.9. The zero-order valence-corrected chi connectivity index (χ0v) is 18.7. The Balaban J connectivity index is 1.52. The van der Waals surface area contributed by atoms with Crippen molar-refractivity contribution in [2.75, 3.05) is 26.1 Å². The molecule has 10 heteroatoms. The third-order valence-electron chi connectivity index (χ3n) is 6.02. The molecule has 34 heavy (non-hydrogen) atoms. The van der Waals surface area contributed by atoms with E-state index >= 15 is 0 Å². The summed E-state index contributed by atoms with van der Waals surface area (Å²) in [5.74, 6) is -2.83. The van der Waals surface area contributed by atoms with Gasteiger partial charge >= 0.3 is 5.97 Å². The number of ether oxygens (including phenoxy) is 3. The maximum absolute atomic E-state index is 13.5. The van der Waals surface area contributed by atoms with Crippen LogP contribution in [-0.4, -0.2) is 61.7 Å². The molecule has 2 amide bonds. The number of likely N-dealkylation sites (N-methyl/N-ethyl adjacent to an activating group) is 1. The number of rotatable bonds is 4. The summed E-state index contributed by atoms with van der Waals surface area (Å²) in [4.78, 5) is 38.9. The number of methoxy groups -OCH3 is 1. The van der Waals surface area contributed by atoms with Crippen LogP contribution < -0.4 is 10.1 Å². The zero-order valence-electron chi connectivity index (χ0n) is 18.7. The van der Waals surface area contributed by atoms with E-state index in [9.17, 15) is 23.2 Å². The predicted octanol–water partition coefficient (Wildman–Crippen LogP) is 3.16. The highest BCUT2D eigenvalue weighted by Crippen LogP contribution is 2.32. The summed E-state index contributed by atoms with van der Waals surface area (Å²) in [6.45, 7) is 0.168. The van der Waals surface area contributed by atoms with Gasteiger partial charge in [-0.05, 0) is 43.2 Å². The molecule has 1 fully saturated rings. The number of amides is 2. The van der Waals surface area contributed by atoms with Crippen LogP contribution in [-0.2, 0) is 14.3 Å². The lowest BCUT2D eigenvalue weighted by Crippen LogP contribution is -2.53. The van der Waals surface area contributed by atoms with Crippen LogP contribution in [0.5, 0.6) is 5.75 Å². The van der Waals surface area contributed by atoms with Crippen LogP contribution >= 0.6 is 0 Å². The SMILES string of the molecule is COC(=O)C[C@@H]1CC[C@H]2[C@@H](COc3ccc(NC(=O)c4cc(F)cc(F)c4)cc3C(=O)N2C)O1. The number of fused-ring (bicyclic) bond motifs is 2. The minimum atomic E-state index is -0.869. The Labute approximate surface area is 194 Å². The van der Waals surface area contributed by atoms with Crippen molar-refractivity contribution in [3.63, 3.8) is 0 Å². The first-order valence-electron chi connectivity index (χ1n) is 10.8. The van der Waals surface area contributed by atoms with E-state index in [2.05, 4.69) is 5.32 Å². The number of nitrogens with one attached hydrogen (secondary N) is 1. The number of benzene rings is 2. The number of nitrogens with zero attached hydrogens (tertiary/aromatic N) is 1. The van der Waals surface area contributed by atoms with E-state index in [0.29, 0.717) is 24.7 Å². The van der Waals surface area contributed by atoms with Crippen LogP contribution in [0.15, 0.2) is 36.4 Å². The summed E-state index contributed by atoms with van der Waals surface area (Å²) in [6, 6.07) is 6.79. The van der Waals surface area contributed by atoms with Gasteiger partial charge in [0.25, 0.3) is 11.8 Å². The highest BCUT2D eigenvalue weighted by molar-refractivity contribution is 6.05. The van der Waals surface area contributed by atoms with Gasteiger partial charge in [-0.15, -0.1) is 0 Å². The molecular weight excluding hydrogens is 450 g/mol. The van der Waals surface area contributed by atoms with E-state index < -0.39 is 23.6 Å². The molecule has 4 rings (SSSR count). The summed E-state index contributed by atoms with van der Waals surface area (Å²) in [7, 11) is 2.99. The molecule has 3 atom stereocenters.